The fourth-order valence-electron chi connectivity index (χ4n) is 8.91. The molecule has 0 N–H and O–H groups in total. The third-order valence-corrected chi connectivity index (χ3v) is 10.7. The highest BCUT2D eigenvalue weighted by Crippen LogP contribution is 2.62. The van der Waals surface area contributed by atoms with E-state index in [4.69, 9.17) is 4.42 Å². The third-order valence-electron chi connectivity index (χ3n) is 10.7. The van der Waals surface area contributed by atoms with Crippen LogP contribution in [0.5, 0.6) is 0 Å². The van der Waals surface area contributed by atoms with E-state index in [2.05, 4.69) is 158 Å². The van der Waals surface area contributed by atoms with Gasteiger partial charge in [-0.1, -0.05) is 140 Å². The Morgan fingerprint density at radius 1 is 0.348 bits per heavy atom. The third kappa shape index (κ3) is 2.87. The van der Waals surface area contributed by atoms with Crippen molar-refractivity contribution in [3.63, 3.8) is 0 Å². The van der Waals surface area contributed by atoms with E-state index in [0.717, 1.165) is 16.6 Å². The molecule has 9 aromatic rings. The molecule has 0 saturated heterocycles. The standard InChI is InChI=1S/C45H26O/c1-2-11-30-27(10-1)21-25-41-44(30)36-22-20-28(26-42(36)46-41)29-23-24-35-33-14-5-8-18-39(33)45(40-19-9-15-34(29)43(35)40)37-16-6-3-12-31(37)32-13-4-7-17-38(32)45/h1-26H. The van der Waals surface area contributed by atoms with Crippen molar-refractivity contribution in [2.24, 2.45) is 0 Å². The molecule has 0 fully saturated rings. The smallest absolute Gasteiger partial charge is 0.136 e. The molecule has 1 spiro atoms. The number of fused-ring (bicyclic) bond motifs is 14. The van der Waals surface area contributed by atoms with Gasteiger partial charge in [0, 0.05) is 10.8 Å². The Morgan fingerprint density at radius 2 is 0.957 bits per heavy atom. The molecule has 8 aromatic carbocycles. The number of furan rings is 1. The molecular formula is C45H26O. The van der Waals surface area contributed by atoms with Crippen LogP contribution in [0.2, 0.25) is 0 Å². The predicted octanol–water partition coefficient (Wildman–Crippen LogP) is 11.9. The van der Waals surface area contributed by atoms with Crippen LogP contribution in [0.15, 0.2) is 162 Å². The second-order valence-electron chi connectivity index (χ2n) is 12.7. The van der Waals surface area contributed by atoms with E-state index in [1.165, 1.54) is 82.6 Å². The minimum atomic E-state index is -0.390. The van der Waals surface area contributed by atoms with E-state index in [1.807, 2.05) is 0 Å². The van der Waals surface area contributed by atoms with Gasteiger partial charge in [-0.05, 0) is 95.4 Å². The van der Waals surface area contributed by atoms with Crippen molar-refractivity contribution >= 4 is 43.5 Å². The Morgan fingerprint density at radius 3 is 1.72 bits per heavy atom. The molecule has 0 atom stereocenters. The fraction of sp³-hybridized carbons (Fsp3) is 0.0222. The zero-order chi connectivity index (χ0) is 30.0. The summed E-state index contributed by atoms with van der Waals surface area (Å²) in [6.07, 6.45) is 0. The first-order valence-corrected chi connectivity index (χ1v) is 16.0. The van der Waals surface area contributed by atoms with Crippen molar-refractivity contribution < 1.29 is 4.42 Å². The van der Waals surface area contributed by atoms with Crippen molar-refractivity contribution in [1.29, 1.82) is 0 Å². The summed E-state index contributed by atoms with van der Waals surface area (Å²) in [5.41, 5.74) is 14.6. The molecule has 0 amide bonds. The molecule has 0 saturated carbocycles. The molecule has 0 bridgehead atoms. The summed E-state index contributed by atoms with van der Waals surface area (Å²) in [6, 6.07) is 58.3. The molecule has 2 aliphatic carbocycles. The molecule has 1 aromatic heterocycles. The zero-order valence-electron chi connectivity index (χ0n) is 24.9. The molecular weight excluding hydrogens is 556 g/mol. The fourth-order valence-corrected chi connectivity index (χ4v) is 8.91. The first-order chi connectivity index (χ1) is 22.8. The molecule has 1 heterocycles. The van der Waals surface area contributed by atoms with E-state index in [0.29, 0.717) is 0 Å². The lowest BCUT2D eigenvalue weighted by Crippen LogP contribution is -2.31. The van der Waals surface area contributed by atoms with E-state index in [-0.39, 0.29) is 0 Å². The van der Waals surface area contributed by atoms with Crippen LogP contribution in [0.3, 0.4) is 0 Å². The second-order valence-corrected chi connectivity index (χ2v) is 12.7. The highest BCUT2D eigenvalue weighted by atomic mass is 16.3. The second kappa shape index (κ2) is 8.62. The summed E-state index contributed by atoms with van der Waals surface area (Å²) in [6.45, 7) is 0. The predicted molar refractivity (Wildman–Crippen MR) is 190 cm³/mol. The Labute approximate surface area is 266 Å². The van der Waals surface area contributed by atoms with Crippen LogP contribution in [0, 0.1) is 0 Å². The SMILES string of the molecule is c1ccc2c(c1)-c1ccccc1C21c2ccccc2-c2ccc(-c3ccc4c(c3)oc3ccc5ccccc5c34)c3cccc1c23. The Balaban J connectivity index is 1.23. The van der Waals surface area contributed by atoms with Gasteiger partial charge in [-0.3, -0.25) is 0 Å². The molecule has 0 unspecified atom stereocenters. The van der Waals surface area contributed by atoms with Crippen molar-refractivity contribution in [3.05, 3.63) is 180 Å². The minimum Gasteiger partial charge on any atom is -0.456 e. The van der Waals surface area contributed by atoms with E-state index >= 15 is 0 Å². The van der Waals surface area contributed by atoms with Gasteiger partial charge in [-0.2, -0.15) is 0 Å². The van der Waals surface area contributed by atoms with Crippen LogP contribution in [0.25, 0.3) is 76.9 Å². The normalized spacial score (nSPS) is 13.8. The van der Waals surface area contributed by atoms with Gasteiger partial charge in [0.1, 0.15) is 11.2 Å². The zero-order valence-corrected chi connectivity index (χ0v) is 24.9. The van der Waals surface area contributed by atoms with Crippen molar-refractivity contribution in [2.75, 3.05) is 0 Å². The lowest BCUT2D eigenvalue weighted by atomic mass is 9.61. The monoisotopic (exact) mass is 582 g/mol. The van der Waals surface area contributed by atoms with Gasteiger partial charge in [0.2, 0.25) is 0 Å². The molecule has 0 aliphatic heterocycles. The topological polar surface area (TPSA) is 13.1 Å². The first-order valence-electron chi connectivity index (χ1n) is 16.0. The minimum absolute atomic E-state index is 0.390. The largest absolute Gasteiger partial charge is 0.456 e. The highest BCUT2D eigenvalue weighted by molar-refractivity contribution is 6.19. The van der Waals surface area contributed by atoms with Crippen LogP contribution >= 0.6 is 0 Å². The maximum Gasteiger partial charge on any atom is 0.136 e. The first kappa shape index (κ1) is 24.4. The Bertz CT molecular complexity index is 2710. The molecule has 0 radical (unpaired) electrons. The highest BCUT2D eigenvalue weighted by Gasteiger charge is 2.49. The van der Waals surface area contributed by atoms with E-state index in [1.54, 1.807) is 0 Å². The summed E-state index contributed by atoms with van der Waals surface area (Å²) in [5, 5.41) is 7.41. The summed E-state index contributed by atoms with van der Waals surface area (Å²) in [5.74, 6) is 0. The molecule has 212 valence electrons. The number of hydrogen-bond donors (Lipinski definition) is 0. The maximum absolute atomic E-state index is 6.52. The molecule has 2 aliphatic rings. The van der Waals surface area contributed by atoms with Crippen LogP contribution < -0.4 is 0 Å². The average Bonchev–Trinajstić information content (AvgIpc) is 3.64. The Kier molecular flexibility index (Phi) is 4.57. The van der Waals surface area contributed by atoms with Gasteiger partial charge < -0.3 is 4.42 Å². The number of benzene rings is 8. The summed E-state index contributed by atoms with van der Waals surface area (Å²) >= 11 is 0. The lowest BCUT2D eigenvalue weighted by Gasteiger charge is -2.40. The Hall–Kier alpha value is -5.92. The summed E-state index contributed by atoms with van der Waals surface area (Å²) in [7, 11) is 0. The molecule has 11 rings (SSSR count). The molecule has 1 heteroatoms. The average molecular weight is 583 g/mol. The van der Waals surface area contributed by atoms with Gasteiger partial charge >= 0.3 is 0 Å². The van der Waals surface area contributed by atoms with Crippen LogP contribution in [0.4, 0.5) is 0 Å². The number of hydrogen-bond acceptors (Lipinski definition) is 1. The van der Waals surface area contributed by atoms with Crippen molar-refractivity contribution in [3.8, 4) is 33.4 Å². The summed E-state index contributed by atoms with van der Waals surface area (Å²) in [4.78, 5) is 0. The van der Waals surface area contributed by atoms with Gasteiger partial charge in [0.05, 0.1) is 5.41 Å². The summed E-state index contributed by atoms with van der Waals surface area (Å²) < 4.78 is 6.52. The molecule has 1 nitrogen and oxygen atoms in total. The van der Waals surface area contributed by atoms with Gasteiger partial charge in [0.15, 0.2) is 0 Å². The number of rotatable bonds is 1. The van der Waals surface area contributed by atoms with E-state index in [9.17, 15) is 0 Å². The quantitative estimate of drug-likeness (QED) is 0.188. The lowest BCUT2D eigenvalue weighted by molar-refractivity contribution is 0.669. The van der Waals surface area contributed by atoms with Crippen LogP contribution in [-0.2, 0) is 5.41 Å². The van der Waals surface area contributed by atoms with Crippen molar-refractivity contribution in [2.45, 2.75) is 5.41 Å². The van der Waals surface area contributed by atoms with Crippen LogP contribution in [0.1, 0.15) is 22.3 Å². The van der Waals surface area contributed by atoms with Gasteiger partial charge in [-0.25, -0.2) is 0 Å². The van der Waals surface area contributed by atoms with Gasteiger partial charge in [-0.15, -0.1) is 0 Å². The van der Waals surface area contributed by atoms with E-state index < -0.39 is 5.41 Å². The van der Waals surface area contributed by atoms with Crippen molar-refractivity contribution in [1.82, 2.24) is 0 Å². The maximum atomic E-state index is 6.52. The van der Waals surface area contributed by atoms with Crippen LogP contribution in [-0.4, -0.2) is 0 Å². The molecule has 46 heavy (non-hydrogen) atoms. The van der Waals surface area contributed by atoms with Gasteiger partial charge in [0.25, 0.3) is 0 Å².